The van der Waals surface area contributed by atoms with E-state index in [4.69, 9.17) is 11.3 Å². The second kappa shape index (κ2) is 5.45. The smallest absolute Gasteiger partial charge is 0.190 e. The fourth-order valence-corrected chi connectivity index (χ4v) is 3.20. The molecule has 0 bridgehead atoms. The van der Waals surface area contributed by atoms with Crippen molar-refractivity contribution < 1.29 is 4.74 Å². The molecule has 0 saturated carbocycles. The molecule has 0 saturated heterocycles. The van der Waals surface area contributed by atoms with Gasteiger partial charge in [0.1, 0.15) is 0 Å². The summed E-state index contributed by atoms with van der Waals surface area (Å²) in [6, 6.07) is 21.5. The topological polar surface area (TPSA) is 16.8 Å². The van der Waals surface area contributed by atoms with Gasteiger partial charge in [0.25, 0.3) is 0 Å². The van der Waals surface area contributed by atoms with Gasteiger partial charge in [0.15, 0.2) is 17.2 Å². The molecule has 3 aromatic carbocycles. The average molecular weight is 363 g/mol. The lowest BCUT2D eigenvalue weighted by atomic mass is 10.1. The van der Waals surface area contributed by atoms with E-state index in [9.17, 15) is 0 Å². The SMILES string of the molecule is [C-]#[N+]c1cc(Br)cc(N2c3ccccc3Oc3ccccc32)c1. The lowest BCUT2D eigenvalue weighted by molar-refractivity contribution is 0.477. The minimum absolute atomic E-state index is 0.593. The van der Waals surface area contributed by atoms with E-state index in [0.717, 1.165) is 33.0 Å². The van der Waals surface area contributed by atoms with Crippen molar-refractivity contribution in [1.29, 1.82) is 0 Å². The number of hydrogen-bond acceptors (Lipinski definition) is 2. The molecular weight excluding hydrogens is 352 g/mol. The molecule has 0 atom stereocenters. The summed E-state index contributed by atoms with van der Waals surface area (Å²) in [6.45, 7) is 7.30. The highest BCUT2D eigenvalue weighted by Gasteiger charge is 2.25. The fourth-order valence-electron chi connectivity index (χ4n) is 2.74. The third-order valence-electron chi connectivity index (χ3n) is 3.69. The molecule has 0 amide bonds. The average Bonchev–Trinajstić information content (AvgIpc) is 2.59. The van der Waals surface area contributed by atoms with E-state index in [1.54, 1.807) is 0 Å². The minimum atomic E-state index is 0.593. The molecule has 0 aromatic heterocycles. The first-order valence-corrected chi connectivity index (χ1v) is 7.90. The van der Waals surface area contributed by atoms with Crippen LogP contribution >= 0.6 is 15.9 Å². The largest absolute Gasteiger partial charge is 0.453 e. The summed E-state index contributed by atoms with van der Waals surface area (Å²) in [5, 5.41) is 0. The van der Waals surface area contributed by atoms with Crippen molar-refractivity contribution in [1.82, 2.24) is 0 Å². The van der Waals surface area contributed by atoms with E-state index in [2.05, 4.69) is 25.7 Å². The van der Waals surface area contributed by atoms with Crippen LogP contribution in [0.1, 0.15) is 0 Å². The van der Waals surface area contributed by atoms with E-state index in [1.807, 2.05) is 66.7 Å². The highest BCUT2D eigenvalue weighted by atomic mass is 79.9. The molecule has 1 aliphatic heterocycles. The number of hydrogen-bond donors (Lipinski definition) is 0. The van der Waals surface area contributed by atoms with Crippen molar-refractivity contribution in [3.05, 3.63) is 82.6 Å². The first-order valence-electron chi connectivity index (χ1n) is 7.10. The second-order valence-corrected chi connectivity index (χ2v) is 6.07. The molecule has 0 unspecified atom stereocenters. The zero-order chi connectivity index (χ0) is 15.8. The Bertz CT molecular complexity index is 901. The predicted octanol–water partition coefficient (Wildman–Crippen LogP) is 6.58. The third kappa shape index (κ3) is 2.36. The number of ether oxygens (including phenoxy) is 1. The minimum Gasteiger partial charge on any atom is -0.453 e. The monoisotopic (exact) mass is 362 g/mol. The van der Waals surface area contributed by atoms with Crippen LogP contribution in [0.25, 0.3) is 4.85 Å². The van der Waals surface area contributed by atoms with Gasteiger partial charge in [-0.05, 0) is 42.5 Å². The molecule has 110 valence electrons. The summed E-state index contributed by atoms with van der Waals surface area (Å²) in [7, 11) is 0. The molecule has 4 rings (SSSR count). The van der Waals surface area contributed by atoms with Crippen molar-refractivity contribution >= 4 is 38.7 Å². The number of rotatable bonds is 1. The molecule has 1 heterocycles. The Morgan fingerprint density at radius 2 is 1.48 bits per heavy atom. The van der Waals surface area contributed by atoms with Crippen LogP contribution in [0.5, 0.6) is 11.5 Å². The van der Waals surface area contributed by atoms with Gasteiger partial charge in [-0.3, -0.25) is 0 Å². The standard InChI is InChI=1S/C19H11BrN2O/c1-21-14-10-13(20)11-15(12-14)22-16-6-2-4-8-18(16)23-19-9-5-3-7-17(19)22/h2-12H. The number of benzene rings is 3. The molecule has 0 radical (unpaired) electrons. The van der Waals surface area contributed by atoms with Crippen LogP contribution in [-0.4, -0.2) is 0 Å². The molecule has 0 N–H and O–H groups in total. The van der Waals surface area contributed by atoms with Crippen LogP contribution in [0, 0.1) is 6.57 Å². The Kier molecular flexibility index (Phi) is 3.29. The first-order chi connectivity index (χ1) is 11.3. The van der Waals surface area contributed by atoms with Gasteiger partial charge >= 0.3 is 0 Å². The van der Waals surface area contributed by atoms with Gasteiger partial charge in [-0.15, -0.1) is 0 Å². The molecule has 3 nitrogen and oxygen atoms in total. The predicted molar refractivity (Wildman–Crippen MR) is 95.2 cm³/mol. The molecule has 0 aliphatic carbocycles. The lowest BCUT2D eigenvalue weighted by Gasteiger charge is -2.33. The summed E-state index contributed by atoms with van der Waals surface area (Å²) in [5.41, 5.74) is 3.44. The highest BCUT2D eigenvalue weighted by Crippen LogP contribution is 2.50. The van der Waals surface area contributed by atoms with Gasteiger partial charge in [0.05, 0.1) is 17.9 Å². The van der Waals surface area contributed by atoms with Crippen molar-refractivity contribution in [2.45, 2.75) is 0 Å². The Labute approximate surface area is 142 Å². The van der Waals surface area contributed by atoms with Crippen LogP contribution in [0.3, 0.4) is 0 Å². The summed E-state index contributed by atoms with van der Waals surface area (Å²) in [4.78, 5) is 5.68. The van der Waals surface area contributed by atoms with Gasteiger partial charge < -0.3 is 9.64 Å². The fraction of sp³-hybridized carbons (Fsp3) is 0. The number of anilines is 3. The van der Waals surface area contributed by atoms with Crippen LogP contribution in [-0.2, 0) is 0 Å². The zero-order valence-corrected chi connectivity index (χ0v) is 13.6. The van der Waals surface area contributed by atoms with Gasteiger partial charge in [0.2, 0.25) is 0 Å². The number of para-hydroxylation sites is 4. The molecule has 0 spiro atoms. The van der Waals surface area contributed by atoms with E-state index in [-0.39, 0.29) is 0 Å². The Morgan fingerprint density at radius 1 is 0.870 bits per heavy atom. The van der Waals surface area contributed by atoms with Gasteiger partial charge in [-0.2, -0.15) is 0 Å². The van der Waals surface area contributed by atoms with E-state index >= 15 is 0 Å². The van der Waals surface area contributed by atoms with Crippen LogP contribution < -0.4 is 9.64 Å². The molecule has 0 fully saturated rings. The molecule has 3 aromatic rings. The number of halogens is 1. The second-order valence-electron chi connectivity index (χ2n) is 5.15. The third-order valence-corrected chi connectivity index (χ3v) is 4.14. The maximum absolute atomic E-state index is 7.30. The van der Waals surface area contributed by atoms with Crippen LogP contribution in [0.4, 0.5) is 22.7 Å². The van der Waals surface area contributed by atoms with E-state index < -0.39 is 0 Å². The van der Waals surface area contributed by atoms with Crippen molar-refractivity contribution in [2.24, 2.45) is 0 Å². The lowest BCUT2D eigenvalue weighted by Crippen LogP contribution is -2.15. The summed E-state index contributed by atoms with van der Waals surface area (Å²) in [5.74, 6) is 1.60. The van der Waals surface area contributed by atoms with Gasteiger partial charge in [-0.25, -0.2) is 4.85 Å². The van der Waals surface area contributed by atoms with E-state index in [0.29, 0.717) is 5.69 Å². The first kappa shape index (κ1) is 13.9. The zero-order valence-electron chi connectivity index (χ0n) is 12.0. The van der Waals surface area contributed by atoms with Crippen molar-refractivity contribution in [3.8, 4) is 11.5 Å². The molecular formula is C19H11BrN2O. The van der Waals surface area contributed by atoms with Crippen LogP contribution in [0.15, 0.2) is 71.2 Å². The maximum Gasteiger partial charge on any atom is 0.190 e. The van der Waals surface area contributed by atoms with Crippen molar-refractivity contribution in [2.75, 3.05) is 4.90 Å². The van der Waals surface area contributed by atoms with E-state index in [1.165, 1.54) is 0 Å². The van der Waals surface area contributed by atoms with Crippen LogP contribution in [0.2, 0.25) is 0 Å². The summed E-state index contributed by atoms with van der Waals surface area (Å²) in [6.07, 6.45) is 0. The number of nitrogens with zero attached hydrogens (tertiary/aromatic N) is 2. The van der Waals surface area contributed by atoms with Gasteiger partial charge in [0, 0.05) is 10.2 Å². The van der Waals surface area contributed by atoms with Crippen molar-refractivity contribution in [3.63, 3.8) is 0 Å². The highest BCUT2D eigenvalue weighted by molar-refractivity contribution is 9.10. The number of fused-ring (bicyclic) bond motifs is 2. The molecule has 4 heteroatoms. The Balaban J connectivity index is 1.98. The molecule has 23 heavy (non-hydrogen) atoms. The maximum atomic E-state index is 7.30. The Morgan fingerprint density at radius 3 is 2.09 bits per heavy atom. The summed E-state index contributed by atoms with van der Waals surface area (Å²) < 4.78 is 6.88. The normalized spacial score (nSPS) is 11.9. The van der Waals surface area contributed by atoms with Gasteiger partial charge in [-0.1, -0.05) is 40.2 Å². The Hall–Kier alpha value is -2.77. The quantitative estimate of drug-likeness (QED) is 0.356. The summed E-state index contributed by atoms with van der Waals surface area (Å²) >= 11 is 3.50. The molecule has 1 aliphatic rings.